The highest BCUT2D eigenvalue weighted by atomic mass is 32.2. The molecule has 3 rings (SSSR count). The third-order valence-corrected chi connectivity index (χ3v) is 6.62. The summed E-state index contributed by atoms with van der Waals surface area (Å²) in [5, 5.41) is 20.2. The van der Waals surface area contributed by atoms with Crippen molar-refractivity contribution in [3.63, 3.8) is 0 Å². The number of hydrogen-bond acceptors (Lipinski definition) is 7. The molecule has 10 heteroatoms. The molecule has 152 valence electrons. The van der Waals surface area contributed by atoms with Crippen LogP contribution >= 0.6 is 0 Å². The van der Waals surface area contributed by atoms with E-state index in [1.54, 1.807) is 25.3 Å². The van der Waals surface area contributed by atoms with Gasteiger partial charge in [-0.05, 0) is 43.4 Å². The summed E-state index contributed by atoms with van der Waals surface area (Å²) < 4.78 is 27.9. The van der Waals surface area contributed by atoms with Crippen LogP contribution in [0.15, 0.2) is 41.4 Å². The number of nitro groups is 1. The molecule has 0 spiro atoms. The molecule has 29 heavy (non-hydrogen) atoms. The molecule has 1 aromatic heterocycles. The summed E-state index contributed by atoms with van der Waals surface area (Å²) in [5.41, 5.74) is 0.720. The molecule has 0 radical (unpaired) electrons. The zero-order valence-corrected chi connectivity index (χ0v) is 16.7. The number of nitrogens with zero attached hydrogens (tertiary/aromatic N) is 4. The monoisotopic (exact) mass is 415 g/mol. The van der Waals surface area contributed by atoms with Crippen LogP contribution in [0.5, 0.6) is 0 Å². The van der Waals surface area contributed by atoms with Crippen LogP contribution < -0.4 is 9.62 Å². The molecule has 0 unspecified atom stereocenters. The second-order valence-corrected chi connectivity index (χ2v) is 8.71. The van der Waals surface area contributed by atoms with Crippen LogP contribution in [0, 0.1) is 34.3 Å². The third kappa shape index (κ3) is 4.70. The Bertz CT molecular complexity index is 1060. The SMILES string of the molecule is Cc1ccc([N+](=O)[O-])cc1S(=O)(=O)NCC1CCN(c2ncccc2C#N)CC1. The van der Waals surface area contributed by atoms with Crippen LogP contribution in [0.3, 0.4) is 0 Å². The Morgan fingerprint density at radius 2 is 2.07 bits per heavy atom. The lowest BCUT2D eigenvalue weighted by Gasteiger charge is -2.33. The minimum Gasteiger partial charge on any atom is -0.356 e. The fraction of sp³-hybridized carbons (Fsp3) is 0.368. The first-order valence-electron chi connectivity index (χ1n) is 9.16. The first-order chi connectivity index (χ1) is 13.8. The van der Waals surface area contributed by atoms with Crippen molar-refractivity contribution in [2.75, 3.05) is 24.5 Å². The van der Waals surface area contributed by atoms with Crippen LogP contribution in [-0.4, -0.2) is 38.0 Å². The van der Waals surface area contributed by atoms with Crippen molar-refractivity contribution in [2.45, 2.75) is 24.7 Å². The van der Waals surface area contributed by atoms with E-state index in [2.05, 4.69) is 15.8 Å². The van der Waals surface area contributed by atoms with Gasteiger partial charge in [-0.2, -0.15) is 5.26 Å². The molecular formula is C19H21N5O4S. The first-order valence-corrected chi connectivity index (χ1v) is 10.6. The molecule has 1 aromatic carbocycles. The number of non-ortho nitro benzene ring substituents is 1. The van der Waals surface area contributed by atoms with Gasteiger partial charge in [-0.25, -0.2) is 18.1 Å². The summed E-state index contributed by atoms with van der Waals surface area (Å²) in [5.74, 6) is 0.788. The van der Waals surface area contributed by atoms with E-state index in [4.69, 9.17) is 0 Å². The van der Waals surface area contributed by atoms with E-state index in [9.17, 15) is 23.8 Å². The Hall–Kier alpha value is -3.03. The molecule has 0 saturated carbocycles. The minimum absolute atomic E-state index is 0.0729. The molecule has 2 aromatic rings. The number of pyridine rings is 1. The van der Waals surface area contributed by atoms with Crippen LogP contribution in [0.2, 0.25) is 0 Å². The Balaban J connectivity index is 1.62. The van der Waals surface area contributed by atoms with Gasteiger partial charge < -0.3 is 4.90 Å². The van der Waals surface area contributed by atoms with Gasteiger partial charge in [0.2, 0.25) is 10.0 Å². The molecule has 2 heterocycles. The van der Waals surface area contributed by atoms with Crippen molar-refractivity contribution in [3.05, 3.63) is 57.8 Å². The molecule has 0 atom stereocenters. The van der Waals surface area contributed by atoms with E-state index in [-0.39, 0.29) is 23.0 Å². The number of aromatic nitrogens is 1. The molecule has 0 amide bonds. The van der Waals surface area contributed by atoms with Gasteiger partial charge in [0, 0.05) is 38.0 Å². The van der Waals surface area contributed by atoms with E-state index in [1.807, 2.05) is 4.90 Å². The molecule has 1 N–H and O–H groups in total. The van der Waals surface area contributed by atoms with Gasteiger partial charge in [0.05, 0.1) is 15.4 Å². The fourth-order valence-corrected chi connectivity index (χ4v) is 4.76. The zero-order valence-electron chi connectivity index (χ0n) is 15.9. The summed E-state index contributed by atoms with van der Waals surface area (Å²) in [6, 6.07) is 9.40. The average Bonchev–Trinajstić information content (AvgIpc) is 2.72. The van der Waals surface area contributed by atoms with Crippen molar-refractivity contribution < 1.29 is 13.3 Å². The quantitative estimate of drug-likeness (QED) is 0.566. The molecule has 1 aliphatic rings. The average molecular weight is 415 g/mol. The van der Waals surface area contributed by atoms with Crippen molar-refractivity contribution in [1.29, 1.82) is 5.26 Å². The number of aryl methyl sites for hydroxylation is 1. The number of sulfonamides is 1. The molecule has 0 aliphatic carbocycles. The highest BCUT2D eigenvalue weighted by molar-refractivity contribution is 7.89. The predicted molar refractivity (Wildman–Crippen MR) is 107 cm³/mol. The maximum atomic E-state index is 12.6. The van der Waals surface area contributed by atoms with E-state index >= 15 is 0 Å². The van der Waals surface area contributed by atoms with E-state index in [1.165, 1.54) is 12.1 Å². The number of nitrogens with one attached hydrogen (secondary N) is 1. The Morgan fingerprint density at radius 3 is 2.72 bits per heavy atom. The lowest BCUT2D eigenvalue weighted by Crippen LogP contribution is -2.39. The van der Waals surface area contributed by atoms with Crippen LogP contribution in [0.4, 0.5) is 11.5 Å². The van der Waals surface area contributed by atoms with Gasteiger partial charge in [0.25, 0.3) is 5.69 Å². The van der Waals surface area contributed by atoms with Crippen molar-refractivity contribution in [3.8, 4) is 6.07 Å². The molecule has 1 saturated heterocycles. The Kier molecular flexibility index (Phi) is 6.10. The summed E-state index contributed by atoms with van der Waals surface area (Å²) >= 11 is 0. The summed E-state index contributed by atoms with van der Waals surface area (Å²) in [7, 11) is -3.85. The van der Waals surface area contributed by atoms with Crippen LogP contribution in [0.1, 0.15) is 24.0 Å². The van der Waals surface area contributed by atoms with E-state index in [0.29, 0.717) is 30.0 Å². The highest BCUT2D eigenvalue weighted by Crippen LogP contribution is 2.25. The number of rotatable bonds is 6. The van der Waals surface area contributed by atoms with Gasteiger partial charge in [0.15, 0.2) is 0 Å². The second-order valence-electron chi connectivity index (χ2n) is 6.98. The fourth-order valence-electron chi connectivity index (χ4n) is 3.38. The summed E-state index contributed by atoms with van der Waals surface area (Å²) in [6.07, 6.45) is 3.15. The van der Waals surface area contributed by atoms with E-state index < -0.39 is 14.9 Å². The predicted octanol–water partition coefficient (Wildman–Crippen LogP) is 2.36. The molecule has 0 bridgehead atoms. The van der Waals surface area contributed by atoms with Crippen molar-refractivity contribution in [2.24, 2.45) is 5.92 Å². The maximum Gasteiger partial charge on any atom is 0.270 e. The summed E-state index contributed by atoms with van der Waals surface area (Å²) in [6.45, 7) is 3.21. The van der Waals surface area contributed by atoms with Crippen LogP contribution in [0.25, 0.3) is 0 Å². The van der Waals surface area contributed by atoms with Gasteiger partial charge in [0.1, 0.15) is 11.9 Å². The molecular weight excluding hydrogens is 394 g/mol. The number of hydrogen-bond donors (Lipinski definition) is 1. The first kappa shape index (κ1) is 20.7. The highest BCUT2D eigenvalue weighted by Gasteiger charge is 2.25. The number of benzene rings is 1. The number of nitro benzene ring substituents is 1. The molecule has 9 nitrogen and oxygen atoms in total. The second kappa shape index (κ2) is 8.55. The standard InChI is InChI=1S/C19H21N5O4S/c1-14-4-5-17(24(25)26)11-18(14)29(27,28)22-13-15-6-9-23(10-7-15)19-16(12-20)3-2-8-21-19/h2-5,8,11,15,22H,6-7,9-10,13H2,1H3. The van der Waals surface area contributed by atoms with Crippen molar-refractivity contribution in [1.82, 2.24) is 9.71 Å². The third-order valence-electron chi connectivity index (χ3n) is 5.06. The number of anilines is 1. The van der Waals surface area contributed by atoms with Gasteiger partial charge in [-0.3, -0.25) is 10.1 Å². The Labute approximate surface area is 169 Å². The molecule has 1 aliphatic heterocycles. The summed E-state index contributed by atoms with van der Waals surface area (Å²) in [4.78, 5) is 16.6. The smallest absolute Gasteiger partial charge is 0.270 e. The largest absolute Gasteiger partial charge is 0.356 e. The van der Waals surface area contributed by atoms with Gasteiger partial charge >= 0.3 is 0 Å². The lowest BCUT2D eigenvalue weighted by molar-refractivity contribution is -0.385. The number of nitriles is 1. The Morgan fingerprint density at radius 1 is 1.34 bits per heavy atom. The molecule has 1 fully saturated rings. The maximum absolute atomic E-state index is 12.6. The number of piperidine rings is 1. The normalized spacial score (nSPS) is 15.1. The topological polar surface area (TPSA) is 129 Å². The zero-order chi connectivity index (χ0) is 21.0. The van der Waals surface area contributed by atoms with Crippen molar-refractivity contribution >= 4 is 21.5 Å². The lowest BCUT2D eigenvalue weighted by atomic mass is 9.97. The minimum atomic E-state index is -3.85. The van der Waals surface area contributed by atoms with Crippen LogP contribution in [-0.2, 0) is 10.0 Å². The van der Waals surface area contributed by atoms with E-state index in [0.717, 1.165) is 18.9 Å². The van der Waals surface area contributed by atoms with Gasteiger partial charge in [-0.15, -0.1) is 0 Å². The van der Waals surface area contributed by atoms with Gasteiger partial charge in [-0.1, -0.05) is 6.07 Å².